The topological polar surface area (TPSA) is 22.9 Å². The van der Waals surface area contributed by atoms with Gasteiger partial charge in [0.1, 0.15) is 29.4 Å². The third-order valence-corrected chi connectivity index (χ3v) is 12.6. The van der Waals surface area contributed by atoms with E-state index in [1.165, 1.54) is 0 Å². The Hall–Kier alpha value is -8.18. The quantitative estimate of drug-likeness (QED) is 0.0521. The molecule has 412 valence electrons. The van der Waals surface area contributed by atoms with E-state index >= 15 is 105 Å². The minimum atomic E-state index is -8.05. The normalized spacial score (nSPS) is 12.0. The first-order valence-electron chi connectivity index (χ1n) is 20.7. The predicted molar refractivity (Wildman–Crippen MR) is 223 cm³/mol. The maximum absolute atomic E-state index is 17.3. The Morgan fingerprint density at radius 1 is 0.253 bits per heavy atom. The van der Waals surface area contributed by atoms with Gasteiger partial charge in [-0.05, 0) is 27.1 Å². The molecule has 0 atom stereocenters. The fourth-order valence-electron chi connectivity index (χ4n) is 9.37. The highest BCUT2D eigenvalue weighted by atomic mass is 19.2. The predicted octanol–water partition coefficient (Wildman–Crippen LogP) is 13.0. The highest BCUT2D eigenvalue weighted by Gasteiger charge is 2.52. The van der Waals surface area contributed by atoms with Crippen LogP contribution < -0.4 is 21.9 Å². The summed E-state index contributed by atoms with van der Waals surface area (Å²) in [6.45, 7) is 4.04. The highest BCUT2D eigenvalue weighted by Crippen LogP contribution is 2.42. The second kappa shape index (κ2) is 19.6. The fourth-order valence-corrected chi connectivity index (χ4v) is 9.37. The molecular formula is C49H11BF28O. The summed E-state index contributed by atoms with van der Waals surface area (Å²) in [5.41, 5.74) is -13.6. The second-order valence-electron chi connectivity index (χ2n) is 16.5. The number of halogens is 28. The molecule has 9 aromatic carbocycles. The Morgan fingerprint density at radius 2 is 0.418 bits per heavy atom. The molecule has 79 heavy (non-hydrogen) atoms. The lowest BCUT2D eigenvalue weighted by Crippen LogP contribution is -2.79. The Bertz CT molecular complexity index is 3720. The number of rotatable bonds is 6. The van der Waals surface area contributed by atoms with Crippen molar-refractivity contribution in [2.24, 2.45) is 0 Å². The molecule has 1 nitrogen and oxygen atoms in total. The van der Waals surface area contributed by atoms with Gasteiger partial charge in [-0.3, -0.25) is 0 Å². The summed E-state index contributed by atoms with van der Waals surface area (Å²) in [5, 5.41) is -20.0. The van der Waals surface area contributed by atoms with E-state index in [4.69, 9.17) is 5.11 Å². The van der Waals surface area contributed by atoms with Crippen LogP contribution in [0.5, 0.6) is 0 Å². The molecule has 0 heterocycles. The van der Waals surface area contributed by atoms with Crippen LogP contribution in [0.15, 0.2) is 36.9 Å². The molecule has 30 heteroatoms. The van der Waals surface area contributed by atoms with Gasteiger partial charge in [0.05, 0.1) is 21.5 Å². The maximum Gasteiger partial charge on any atom is 0.198 e. The fraction of sp³-hybridized carbons (Fsp3) is 0.0204. The number of hydrogen-bond donors (Lipinski definition) is 0. The van der Waals surface area contributed by atoms with Crippen molar-refractivity contribution in [3.05, 3.63) is 205 Å². The highest BCUT2D eigenvalue weighted by molar-refractivity contribution is 7.23. The maximum atomic E-state index is 17.3. The average Bonchev–Trinajstić information content (AvgIpc) is 3.35. The minimum absolute atomic E-state index is 0.282. The lowest BCUT2D eigenvalue weighted by atomic mass is 9.11. The van der Waals surface area contributed by atoms with Gasteiger partial charge < -0.3 is 5.11 Å². The average molecular weight is 1160 g/mol. The third kappa shape index (κ3) is 7.58. The van der Waals surface area contributed by atoms with E-state index in [1.807, 2.05) is 30.3 Å². The van der Waals surface area contributed by atoms with Gasteiger partial charge in [-0.1, -0.05) is 36.9 Å². The molecule has 0 spiro atoms. The van der Waals surface area contributed by atoms with Gasteiger partial charge in [-0.25, -0.2) is 123 Å². The van der Waals surface area contributed by atoms with Gasteiger partial charge in [0.15, 0.2) is 146 Å². The zero-order valence-corrected chi connectivity index (χ0v) is 37.0. The molecule has 0 amide bonds. The van der Waals surface area contributed by atoms with E-state index in [9.17, 15) is 17.6 Å². The summed E-state index contributed by atoms with van der Waals surface area (Å²) < 4.78 is 446. The summed E-state index contributed by atoms with van der Waals surface area (Å²) in [6, 6.07) is 9.81. The van der Waals surface area contributed by atoms with E-state index < -0.39 is 234 Å². The first-order chi connectivity index (χ1) is 36.8. The zero-order valence-electron chi connectivity index (χ0n) is 37.0. The molecule has 0 saturated carbocycles. The van der Waals surface area contributed by atoms with Crippen LogP contribution in [0.25, 0.3) is 48.7 Å². The first-order valence-corrected chi connectivity index (χ1v) is 20.7. The molecule has 0 saturated heterocycles. The van der Waals surface area contributed by atoms with E-state index in [0.29, 0.717) is 0 Å². The summed E-state index contributed by atoms with van der Waals surface area (Å²) >= 11 is 0. The van der Waals surface area contributed by atoms with E-state index in [1.54, 1.807) is 0 Å². The summed E-state index contributed by atoms with van der Waals surface area (Å²) in [4.78, 5) is 0. The van der Waals surface area contributed by atoms with Gasteiger partial charge in [-0.15, -0.1) is 21.9 Å². The second-order valence-corrected chi connectivity index (χ2v) is 16.5. The Labute approximate surface area is 416 Å². The van der Waals surface area contributed by atoms with Crippen LogP contribution in [-0.4, -0.2) is 17.9 Å². The van der Waals surface area contributed by atoms with Gasteiger partial charge in [0.2, 0.25) is 0 Å². The third-order valence-electron chi connectivity index (χ3n) is 12.6. The molecule has 0 unspecified atom stereocenters. The zero-order chi connectivity index (χ0) is 59.0. The van der Waals surface area contributed by atoms with Crippen molar-refractivity contribution in [2.45, 2.75) is 0 Å². The molecule has 0 aliphatic heterocycles. The van der Waals surface area contributed by atoms with Crippen molar-refractivity contribution < 1.29 is 128 Å². The van der Waals surface area contributed by atoms with E-state index in [-0.39, 0.29) is 6.61 Å². The van der Waals surface area contributed by atoms with Crippen LogP contribution in [-0.2, 0) is 0 Å². The van der Waals surface area contributed by atoms with Gasteiger partial charge in [0, 0.05) is 5.57 Å². The number of benzene rings is 9. The van der Waals surface area contributed by atoms with Crippen molar-refractivity contribution >= 4 is 76.7 Å². The molecule has 2 N–H and O–H groups in total. The van der Waals surface area contributed by atoms with Crippen LogP contribution >= 0.6 is 0 Å². The van der Waals surface area contributed by atoms with Crippen molar-refractivity contribution in [1.82, 2.24) is 0 Å². The molecule has 0 aromatic heterocycles. The standard InChI is InChI=1S/C40BF28.C9H10O/c42-13-1-5(21(50)37(66)33(13)62)17(46)29(58)25(54)9(1)41(10-2-6(18(47)30(59)26(10)55)22(51)38(67)34(63)14(2)43,11-3-7(19(48)31(60)27(11)56)23(52)39(68)35(64)15(3)44)12-4-8(20(49)32(61)28(12)57)24(53)40(69)36(65)16(4)45;1-8(7-10)9-5-3-2-4-6-9/h;2-6,10H,1,7H2/q-1;/p+1. The number of hydrogen-bond acceptors (Lipinski definition) is 0. The monoisotopic (exact) mass is 1160 g/mol. The summed E-state index contributed by atoms with van der Waals surface area (Å²) in [6.07, 6.45) is -8.05. The van der Waals surface area contributed by atoms with Crippen LogP contribution in [0.1, 0.15) is 5.56 Å². The SMILES string of the molecule is C=C(C[OH2+])c1ccccc1.Fc1c(F)c(F)c2c([B-](c3c(F)c(F)c(F)c4c(F)c(F)c(F)c(F)c34)(c3c(F)c(F)c(F)c4c(F)c(F)c(F)c(F)c34)c3c(F)c(F)c(F)c4c(F)c(F)c(F)c(F)c34)c(F)c(F)c(F)c2c1F. The molecular weight excluding hydrogens is 1150 g/mol. The van der Waals surface area contributed by atoms with E-state index in [2.05, 4.69) is 6.58 Å². The Morgan fingerprint density at radius 3 is 0.595 bits per heavy atom. The van der Waals surface area contributed by atoms with Crippen molar-refractivity contribution in [1.29, 1.82) is 0 Å². The molecule has 9 aromatic rings. The molecule has 0 bridgehead atoms. The molecule has 0 aliphatic rings. The van der Waals surface area contributed by atoms with Crippen LogP contribution in [0.2, 0.25) is 0 Å². The lowest BCUT2D eigenvalue weighted by molar-refractivity contribution is 0.350. The Balaban J connectivity index is 0.000000740. The first kappa shape index (κ1) is 57.0. The molecule has 0 fully saturated rings. The lowest BCUT2D eigenvalue weighted by Gasteiger charge is -2.47. The number of fused-ring (bicyclic) bond motifs is 4. The molecule has 0 radical (unpaired) electrons. The Kier molecular flexibility index (Phi) is 14.2. The van der Waals surface area contributed by atoms with Crippen LogP contribution in [0, 0.1) is 163 Å². The smallest absolute Gasteiger partial charge is 0.198 e. The van der Waals surface area contributed by atoms with Crippen molar-refractivity contribution in [3.8, 4) is 0 Å². The summed E-state index contributed by atoms with van der Waals surface area (Å²) in [7, 11) is 0. The largest absolute Gasteiger partial charge is 0.442 e. The van der Waals surface area contributed by atoms with Gasteiger partial charge >= 0.3 is 0 Å². The van der Waals surface area contributed by atoms with Crippen LogP contribution in [0.3, 0.4) is 0 Å². The molecule has 0 aliphatic carbocycles. The molecule has 9 rings (SSSR count). The van der Waals surface area contributed by atoms with Gasteiger partial charge in [-0.2, -0.15) is 0 Å². The van der Waals surface area contributed by atoms with Crippen LogP contribution in [0.4, 0.5) is 123 Å². The van der Waals surface area contributed by atoms with Crippen molar-refractivity contribution in [2.75, 3.05) is 6.61 Å². The van der Waals surface area contributed by atoms with Crippen molar-refractivity contribution in [3.63, 3.8) is 0 Å². The summed E-state index contributed by atoms with van der Waals surface area (Å²) in [5.74, 6) is -104. The van der Waals surface area contributed by atoms with Gasteiger partial charge in [0.25, 0.3) is 0 Å². The van der Waals surface area contributed by atoms with E-state index in [0.717, 1.165) is 11.1 Å². The minimum Gasteiger partial charge on any atom is -0.442 e.